The van der Waals surface area contributed by atoms with Crippen LogP contribution >= 0.6 is 12.4 Å². The quantitative estimate of drug-likeness (QED) is 0.830. The van der Waals surface area contributed by atoms with E-state index in [1.165, 1.54) is 24.3 Å². The van der Waals surface area contributed by atoms with Crippen molar-refractivity contribution in [2.75, 3.05) is 13.1 Å². The van der Waals surface area contributed by atoms with Crippen molar-refractivity contribution >= 4 is 24.1 Å². The molecule has 2 aliphatic rings. The summed E-state index contributed by atoms with van der Waals surface area (Å²) in [7, 11) is 0. The number of piperidine rings is 1. The van der Waals surface area contributed by atoms with E-state index in [4.69, 9.17) is 5.73 Å². The van der Waals surface area contributed by atoms with Crippen LogP contribution in [0.5, 0.6) is 0 Å². The lowest BCUT2D eigenvalue weighted by Gasteiger charge is -2.33. The van der Waals surface area contributed by atoms with Crippen molar-refractivity contribution in [3.63, 3.8) is 0 Å². The molecule has 2 N–H and O–H groups in total. The van der Waals surface area contributed by atoms with Gasteiger partial charge in [0.2, 0.25) is 5.91 Å². The van der Waals surface area contributed by atoms with Gasteiger partial charge in [0.15, 0.2) is 5.78 Å². The van der Waals surface area contributed by atoms with Gasteiger partial charge in [0.25, 0.3) is 0 Å². The van der Waals surface area contributed by atoms with Gasteiger partial charge in [0, 0.05) is 37.0 Å². The largest absolute Gasteiger partial charge is 0.342 e. The van der Waals surface area contributed by atoms with Crippen LogP contribution in [0.15, 0.2) is 24.3 Å². The first-order valence-electron chi connectivity index (χ1n) is 8.87. The number of benzene rings is 1. The van der Waals surface area contributed by atoms with Crippen LogP contribution in [-0.4, -0.2) is 35.7 Å². The van der Waals surface area contributed by atoms with Gasteiger partial charge in [-0.25, -0.2) is 4.39 Å². The van der Waals surface area contributed by atoms with Gasteiger partial charge in [-0.1, -0.05) is 6.42 Å². The first-order chi connectivity index (χ1) is 11.5. The molecule has 1 saturated carbocycles. The number of carbonyl (C=O) groups excluding carboxylic acids is 2. The molecule has 0 radical (unpaired) electrons. The van der Waals surface area contributed by atoms with E-state index in [1.54, 1.807) is 0 Å². The van der Waals surface area contributed by atoms with Crippen LogP contribution in [0.3, 0.4) is 0 Å². The maximum atomic E-state index is 13.0. The molecule has 138 valence electrons. The number of rotatable bonds is 4. The average Bonchev–Trinajstić information content (AvgIpc) is 3.00. The molecule has 1 aromatic carbocycles. The van der Waals surface area contributed by atoms with Crippen LogP contribution < -0.4 is 5.73 Å². The molecule has 1 amide bonds. The van der Waals surface area contributed by atoms with Crippen molar-refractivity contribution in [3.05, 3.63) is 35.6 Å². The van der Waals surface area contributed by atoms with Gasteiger partial charge < -0.3 is 10.6 Å². The van der Waals surface area contributed by atoms with Crippen LogP contribution in [0, 0.1) is 17.7 Å². The third kappa shape index (κ3) is 4.79. The van der Waals surface area contributed by atoms with Crippen LogP contribution in [0.25, 0.3) is 0 Å². The van der Waals surface area contributed by atoms with E-state index in [2.05, 4.69) is 0 Å². The Balaban J connectivity index is 0.00000225. The fourth-order valence-electron chi connectivity index (χ4n) is 3.94. The molecule has 6 heteroatoms. The summed E-state index contributed by atoms with van der Waals surface area (Å²) >= 11 is 0. The van der Waals surface area contributed by atoms with E-state index in [0.717, 1.165) is 32.1 Å². The molecular formula is C19H26ClFN2O2. The van der Waals surface area contributed by atoms with Gasteiger partial charge in [-0.3, -0.25) is 9.59 Å². The van der Waals surface area contributed by atoms with Gasteiger partial charge in [-0.15, -0.1) is 12.4 Å². The Morgan fingerprint density at radius 2 is 1.84 bits per heavy atom. The molecule has 0 spiro atoms. The molecule has 1 aromatic rings. The SMILES string of the molecule is Cl.N[C@@H]1CCC[C@H]1CC(=O)N1CCCC(C(=O)c2ccc(F)cc2)C1. The van der Waals surface area contributed by atoms with Crippen molar-refractivity contribution in [1.29, 1.82) is 0 Å². The Morgan fingerprint density at radius 1 is 1.12 bits per heavy atom. The number of nitrogens with zero attached hydrogens (tertiary/aromatic N) is 1. The van der Waals surface area contributed by atoms with Gasteiger partial charge in [0.1, 0.15) is 5.82 Å². The second-order valence-electron chi connectivity index (χ2n) is 7.11. The zero-order chi connectivity index (χ0) is 17.1. The molecule has 3 atom stereocenters. The Labute approximate surface area is 154 Å². The third-order valence-corrected chi connectivity index (χ3v) is 5.43. The van der Waals surface area contributed by atoms with Gasteiger partial charge in [-0.05, 0) is 55.9 Å². The Hall–Kier alpha value is -1.46. The fraction of sp³-hybridized carbons (Fsp3) is 0.579. The van der Waals surface area contributed by atoms with Crippen LogP contribution in [0.2, 0.25) is 0 Å². The number of hydrogen-bond acceptors (Lipinski definition) is 3. The lowest BCUT2D eigenvalue weighted by atomic mass is 9.89. The highest BCUT2D eigenvalue weighted by Gasteiger charge is 2.32. The second kappa shape index (κ2) is 8.77. The van der Waals surface area contributed by atoms with Crippen molar-refractivity contribution in [2.45, 2.75) is 44.6 Å². The van der Waals surface area contributed by atoms with E-state index in [-0.39, 0.29) is 47.8 Å². The molecule has 1 aliphatic heterocycles. The summed E-state index contributed by atoms with van der Waals surface area (Å²) in [5, 5.41) is 0. The Kier molecular flexibility index (Phi) is 6.96. The standard InChI is InChI=1S/C19H25FN2O2.ClH/c20-16-8-6-13(7-9-16)19(24)15-4-2-10-22(12-15)18(23)11-14-3-1-5-17(14)21;/h6-9,14-15,17H,1-5,10-12,21H2;1H/t14-,15?,17+;/m0./s1. The number of carbonyl (C=O) groups is 2. The van der Waals surface area contributed by atoms with E-state index in [9.17, 15) is 14.0 Å². The molecule has 0 bridgehead atoms. The highest BCUT2D eigenvalue weighted by atomic mass is 35.5. The minimum absolute atomic E-state index is 0. The number of amides is 1. The van der Waals surface area contributed by atoms with E-state index in [0.29, 0.717) is 25.1 Å². The lowest BCUT2D eigenvalue weighted by Crippen LogP contribution is -2.43. The first kappa shape index (κ1) is 19.9. The van der Waals surface area contributed by atoms with Crippen molar-refractivity contribution in [1.82, 2.24) is 4.90 Å². The molecular weight excluding hydrogens is 343 g/mol. The number of nitrogens with two attached hydrogens (primary N) is 1. The average molecular weight is 369 g/mol. The van der Waals surface area contributed by atoms with Crippen LogP contribution in [0.4, 0.5) is 4.39 Å². The number of halogens is 2. The Bertz CT molecular complexity index is 608. The molecule has 1 aliphatic carbocycles. The molecule has 2 fully saturated rings. The maximum absolute atomic E-state index is 13.0. The first-order valence-corrected chi connectivity index (χ1v) is 8.87. The lowest BCUT2D eigenvalue weighted by molar-refractivity contribution is -0.133. The fourth-order valence-corrected chi connectivity index (χ4v) is 3.94. The van der Waals surface area contributed by atoms with Crippen molar-refractivity contribution in [2.24, 2.45) is 17.6 Å². The highest BCUT2D eigenvalue weighted by molar-refractivity contribution is 5.98. The molecule has 25 heavy (non-hydrogen) atoms. The summed E-state index contributed by atoms with van der Waals surface area (Å²) in [6.07, 6.45) is 5.24. The summed E-state index contributed by atoms with van der Waals surface area (Å²) in [5.74, 6) is -0.130. The Morgan fingerprint density at radius 3 is 2.48 bits per heavy atom. The maximum Gasteiger partial charge on any atom is 0.222 e. The molecule has 3 rings (SSSR count). The minimum atomic E-state index is -0.347. The summed E-state index contributed by atoms with van der Waals surface area (Å²) in [4.78, 5) is 27.0. The number of Topliss-reactive ketones (excluding diaryl/α,β-unsaturated/α-hetero) is 1. The zero-order valence-corrected chi connectivity index (χ0v) is 15.1. The van der Waals surface area contributed by atoms with Crippen molar-refractivity contribution < 1.29 is 14.0 Å². The highest BCUT2D eigenvalue weighted by Crippen LogP contribution is 2.29. The molecule has 1 unspecified atom stereocenters. The second-order valence-corrected chi connectivity index (χ2v) is 7.11. The molecule has 4 nitrogen and oxygen atoms in total. The zero-order valence-electron chi connectivity index (χ0n) is 14.3. The van der Waals surface area contributed by atoms with Gasteiger partial charge in [0.05, 0.1) is 0 Å². The number of hydrogen-bond donors (Lipinski definition) is 1. The van der Waals surface area contributed by atoms with E-state index < -0.39 is 0 Å². The topological polar surface area (TPSA) is 63.4 Å². The molecule has 1 heterocycles. The summed E-state index contributed by atoms with van der Waals surface area (Å²) in [6.45, 7) is 1.19. The van der Waals surface area contributed by atoms with E-state index in [1.807, 2.05) is 4.90 Å². The van der Waals surface area contributed by atoms with Crippen molar-refractivity contribution in [3.8, 4) is 0 Å². The van der Waals surface area contributed by atoms with Gasteiger partial charge in [-0.2, -0.15) is 0 Å². The normalized spacial score (nSPS) is 26.2. The summed E-state index contributed by atoms with van der Waals surface area (Å²) < 4.78 is 13.0. The van der Waals surface area contributed by atoms with Gasteiger partial charge >= 0.3 is 0 Å². The van der Waals surface area contributed by atoms with Crippen LogP contribution in [-0.2, 0) is 4.79 Å². The van der Waals surface area contributed by atoms with E-state index >= 15 is 0 Å². The smallest absolute Gasteiger partial charge is 0.222 e. The molecule has 0 aromatic heterocycles. The predicted molar refractivity (Wildman–Crippen MR) is 97.2 cm³/mol. The minimum Gasteiger partial charge on any atom is -0.342 e. The number of ketones is 1. The third-order valence-electron chi connectivity index (χ3n) is 5.43. The predicted octanol–water partition coefficient (Wildman–Crippen LogP) is 3.19. The monoisotopic (exact) mass is 368 g/mol. The number of likely N-dealkylation sites (tertiary alicyclic amines) is 1. The summed E-state index contributed by atoms with van der Waals surface area (Å²) in [5.41, 5.74) is 6.59. The summed E-state index contributed by atoms with van der Waals surface area (Å²) in [6, 6.07) is 5.79. The van der Waals surface area contributed by atoms with Crippen LogP contribution in [0.1, 0.15) is 48.9 Å². The molecule has 1 saturated heterocycles.